The molecule has 3 N–H and O–H groups in total. The molecule has 6 nitrogen and oxygen atoms in total. The summed E-state index contributed by atoms with van der Waals surface area (Å²) in [6.07, 6.45) is 0.0877. The zero-order valence-corrected chi connectivity index (χ0v) is 11.2. The fourth-order valence-electron chi connectivity index (χ4n) is 1.56. The van der Waals surface area contributed by atoms with E-state index < -0.39 is 12.0 Å². The van der Waals surface area contributed by atoms with Crippen molar-refractivity contribution in [1.29, 1.82) is 0 Å². The Morgan fingerprint density at radius 2 is 1.85 bits per heavy atom. The maximum Gasteiger partial charge on any atom is 0.320 e. The first kappa shape index (κ1) is 15.8. The van der Waals surface area contributed by atoms with Crippen LogP contribution in [0.3, 0.4) is 0 Å². The largest absolute Gasteiger partial charge is 0.486 e. The zero-order valence-electron chi connectivity index (χ0n) is 11.2. The van der Waals surface area contributed by atoms with E-state index in [1.165, 1.54) is 6.92 Å². The van der Waals surface area contributed by atoms with E-state index >= 15 is 0 Å². The molecule has 0 aliphatic rings. The van der Waals surface area contributed by atoms with Gasteiger partial charge < -0.3 is 15.6 Å². The van der Waals surface area contributed by atoms with Crippen LogP contribution in [0.15, 0.2) is 24.3 Å². The summed E-state index contributed by atoms with van der Waals surface area (Å²) in [4.78, 5) is 32.6. The number of aliphatic carboxylic acids is 1. The minimum Gasteiger partial charge on any atom is -0.486 e. The third-order valence-corrected chi connectivity index (χ3v) is 2.54. The number of hydrogen-bond acceptors (Lipinski definition) is 5. The van der Waals surface area contributed by atoms with Gasteiger partial charge in [-0.15, -0.1) is 0 Å². The average molecular weight is 279 g/mol. The summed E-state index contributed by atoms with van der Waals surface area (Å²) in [6, 6.07) is 5.69. The van der Waals surface area contributed by atoms with Crippen LogP contribution >= 0.6 is 0 Å². The first-order valence-corrected chi connectivity index (χ1v) is 6.09. The molecule has 0 bridgehead atoms. The zero-order chi connectivity index (χ0) is 15.1. The van der Waals surface area contributed by atoms with Gasteiger partial charge in [0, 0.05) is 0 Å². The molecule has 1 aromatic carbocycles. The Balaban J connectivity index is 2.48. The summed E-state index contributed by atoms with van der Waals surface area (Å²) >= 11 is 0. The van der Waals surface area contributed by atoms with E-state index in [4.69, 9.17) is 15.6 Å². The Labute approximate surface area is 116 Å². The highest BCUT2D eigenvalue weighted by Crippen LogP contribution is 2.13. The van der Waals surface area contributed by atoms with E-state index in [0.29, 0.717) is 5.75 Å². The number of ether oxygens (including phenoxy) is 1. The number of rotatable bonds is 8. The molecular weight excluding hydrogens is 262 g/mol. The highest BCUT2D eigenvalue weighted by atomic mass is 16.5. The van der Waals surface area contributed by atoms with Crippen LogP contribution < -0.4 is 10.5 Å². The third-order valence-electron chi connectivity index (χ3n) is 2.54. The molecule has 0 spiro atoms. The molecule has 1 unspecified atom stereocenters. The van der Waals surface area contributed by atoms with Crippen molar-refractivity contribution in [2.24, 2.45) is 5.73 Å². The lowest BCUT2D eigenvalue weighted by molar-refractivity contribution is -0.138. The molecule has 0 radical (unpaired) electrons. The minimum absolute atomic E-state index is 0.133. The molecule has 1 atom stereocenters. The highest BCUT2D eigenvalue weighted by Gasteiger charge is 2.12. The van der Waals surface area contributed by atoms with Crippen LogP contribution in [0.5, 0.6) is 5.75 Å². The second kappa shape index (κ2) is 7.40. The van der Waals surface area contributed by atoms with Gasteiger partial charge in [0.1, 0.15) is 24.2 Å². The molecular formula is C14H17NO5. The van der Waals surface area contributed by atoms with Gasteiger partial charge in [0.15, 0.2) is 5.78 Å². The van der Waals surface area contributed by atoms with Gasteiger partial charge in [-0.25, -0.2) is 0 Å². The number of ketones is 2. The summed E-state index contributed by atoms with van der Waals surface area (Å²) < 4.78 is 5.23. The van der Waals surface area contributed by atoms with Crippen LogP contribution in [0.2, 0.25) is 0 Å². The van der Waals surface area contributed by atoms with E-state index in [2.05, 4.69) is 0 Å². The summed E-state index contributed by atoms with van der Waals surface area (Å²) in [7, 11) is 0. The smallest absolute Gasteiger partial charge is 0.320 e. The first-order chi connectivity index (χ1) is 9.38. The number of Topliss-reactive ketones (excluding diaryl/α,β-unsaturated/α-hetero) is 2. The molecule has 1 aromatic rings. The SMILES string of the molecule is CC(=O)CC(=O)COc1ccc(CC(N)C(=O)O)cc1. The van der Waals surface area contributed by atoms with Crippen LogP contribution in [0.1, 0.15) is 18.9 Å². The standard InChI is InChI=1S/C14H17NO5/c1-9(16)6-11(17)8-20-12-4-2-10(3-5-12)7-13(15)14(18)19/h2-5,13H,6-8,15H2,1H3,(H,18,19). The normalized spacial score (nSPS) is 11.7. The molecule has 0 saturated carbocycles. The van der Waals surface area contributed by atoms with Crippen LogP contribution in [-0.4, -0.2) is 35.3 Å². The lowest BCUT2D eigenvalue weighted by Gasteiger charge is -2.08. The van der Waals surface area contributed by atoms with E-state index in [-0.39, 0.29) is 31.0 Å². The molecule has 0 amide bonds. The number of carbonyl (C=O) groups is 3. The molecule has 108 valence electrons. The summed E-state index contributed by atoms with van der Waals surface area (Å²) in [5.74, 6) is -1.05. The van der Waals surface area contributed by atoms with Crippen molar-refractivity contribution in [1.82, 2.24) is 0 Å². The van der Waals surface area contributed by atoms with E-state index in [1.54, 1.807) is 24.3 Å². The maximum absolute atomic E-state index is 11.3. The number of carboxylic acids is 1. The second-order valence-electron chi connectivity index (χ2n) is 4.50. The van der Waals surface area contributed by atoms with Crippen molar-refractivity contribution in [3.05, 3.63) is 29.8 Å². The molecule has 0 saturated heterocycles. The maximum atomic E-state index is 11.3. The number of carbonyl (C=O) groups excluding carboxylic acids is 2. The number of carboxylic acid groups (broad SMARTS) is 1. The fraction of sp³-hybridized carbons (Fsp3) is 0.357. The van der Waals surface area contributed by atoms with E-state index in [0.717, 1.165) is 5.56 Å². The molecule has 0 aliphatic heterocycles. The first-order valence-electron chi connectivity index (χ1n) is 6.09. The predicted octanol–water partition coefficient (Wildman–Crippen LogP) is 0.568. The Hall–Kier alpha value is -2.21. The van der Waals surface area contributed by atoms with Crippen LogP contribution in [-0.2, 0) is 20.8 Å². The predicted molar refractivity (Wildman–Crippen MR) is 71.6 cm³/mol. The number of nitrogens with two attached hydrogens (primary N) is 1. The summed E-state index contributed by atoms with van der Waals surface area (Å²) in [5, 5.41) is 8.70. The quantitative estimate of drug-likeness (QED) is 0.674. The minimum atomic E-state index is -1.06. The van der Waals surface area contributed by atoms with E-state index in [9.17, 15) is 14.4 Å². The van der Waals surface area contributed by atoms with Crippen molar-refractivity contribution >= 4 is 17.5 Å². The fourth-order valence-corrected chi connectivity index (χ4v) is 1.56. The lowest BCUT2D eigenvalue weighted by Crippen LogP contribution is -2.32. The van der Waals surface area contributed by atoms with Crippen molar-refractivity contribution in [3.63, 3.8) is 0 Å². The number of benzene rings is 1. The molecule has 0 fully saturated rings. The monoisotopic (exact) mass is 279 g/mol. The highest BCUT2D eigenvalue weighted by molar-refractivity contribution is 5.98. The molecule has 0 aromatic heterocycles. The molecule has 0 aliphatic carbocycles. The van der Waals surface area contributed by atoms with Gasteiger partial charge in [-0.2, -0.15) is 0 Å². The van der Waals surface area contributed by atoms with Gasteiger partial charge in [-0.1, -0.05) is 12.1 Å². The topological polar surface area (TPSA) is 107 Å². The van der Waals surface area contributed by atoms with E-state index in [1.807, 2.05) is 0 Å². The average Bonchev–Trinajstić information content (AvgIpc) is 2.37. The van der Waals surface area contributed by atoms with Gasteiger partial charge in [0.25, 0.3) is 0 Å². The lowest BCUT2D eigenvalue weighted by atomic mass is 10.1. The second-order valence-corrected chi connectivity index (χ2v) is 4.50. The van der Waals surface area contributed by atoms with Crippen molar-refractivity contribution in [3.8, 4) is 5.75 Å². The van der Waals surface area contributed by atoms with Crippen LogP contribution in [0, 0.1) is 0 Å². The van der Waals surface area contributed by atoms with Crippen LogP contribution in [0.4, 0.5) is 0 Å². The molecule has 6 heteroatoms. The third kappa shape index (κ3) is 5.62. The van der Waals surface area contributed by atoms with Crippen LogP contribution in [0.25, 0.3) is 0 Å². The molecule has 1 rings (SSSR count). The van der Waals surface area contributed by atoms with Gasteiger partial charge >= 0.3 is 5.97 Å². The Morgan fingerprint density at radius 3 is 2.35 bits per heavy atom. The molecule has 0 heterocycles. The van der Waals surface area contributed by atoms with Crippen molar-refractivity contribution in [2.45, 2.75) is 25.8 Å². The summed E-state index contributed by atoms with van der Waals surface area (Å²) in [5.41, 5.74) is 6.19. The van der Waals surface area contributed by atoms with Gasteiger partial charge in [0.05, 0.1) is 6.42 Å². The Bertz CT molecular complexity index is 495. The number of hydrogen-bond donors (Lipinski definition) is 2. The van der Waals surface area contributed by atoms with Gasteiger partial charge in [-0.3, -0.25) is 14.4 Å². The summed E-state index contributed by atoms with van der Waals surface area (Å²) in [6.45, 7) is 1.19. The van der Waals surface area contributed by atoms with Gasteiger partial charge in [-0.05, 0) is 31.0 Å². The Morgan fingerprint density at radius 1 is 1.25 bits per heavy atom. The Kier molecular flexibility index (Phi) is 5.86. The van der Waals surface area contributed by atoms with Gasteiger partial charge in [0.2, 0.25) is 0 Å². The van der Waals surface area contributed by atoms with Crippen molar-refractivity contribution < 1.29 is 24.2 Å². The van der Waals surface area contributed by atoms with Crippen molar-refractivity contribution in [2.75, 3.05) is 6.61 Å². The molecule has 20 heavy (non-hydrogen) atoms.